The summed E-state index contributed by atoms with van der Waals surface area (Å²) in [5.41, 5.74) is 4.06. The molecule has 0 amide bonds. The molecule has 0 saturated carbocycles. The summed E-state index contributed by atoms with van der Waals surface area (Å²) in [6.07, 6.45) is 0. The molecule has 7 nitrogen and oxygen atoms in total. The van der Waals surface area contributed by atoms with Crippen molar-refractivity contribution >= 4 is 28.0 Å². The van der Waals surface area contributed by atoms with E-state index in [-0.39, 0.29) is 16.8 Å². The summed E-state index contributed by atoms with van der Waals surface area (Å²) in [6.45, 7) is 9.02. The van der Waals surface area contributed by atoms with Gasteiger partial charge in [-0.3, -0.25) is 15.1 Å². The average molecular weight is 423 g/mol. The third kappa shape index (κ3) is 4.29. The first-order valence-corrected chi connectivity index (χ1v) is 10.4. The minimum Gasteiger partial charge on any atom is -0.378 e. The fraction of sp³-hybridized carbons (Fsp3) is 0.348. The lowest BCUT2D eigenvalue weighted by molar-refractivity contribution is -0.385. The van der Waals surface area contributed by atoms with Gasteiger partial charge in [0.25, 0.3) is 5.69 Å². The number of anilines is 2. The van der Waals surface area contributed by atoms with Crippen molar-refractivity contribution in [3.05, 3.63) is 69.2 Å². The minimum atomic E-state index is -0.492. The zero-order chi connectivity index (χ0) is 22.1. The number of fused-ring (bicyclic) bond motifs is 1. The summed E-state index contributed by atoms with van der Waals surface area (Å²) < 4.78 is 14.8. The number of aryl methyl sites for hydroxylation is 2. The van der Waals surface area contributed by atoms with Gasteiger partial charge in [-0.2, -0.15) is 0 Å². The van der Waals surface area contributed by atoms with Gasteiger partial charge in [-0.15, -0.1) is 0 Å². The van der Waals surface area contributed by atoms with Gasteiger partial charge in [0.1, 0.15) is 5.82 Å². The normalized spacial score (nSPS) is 15.2. The van der Waals surface area contributed by atoms with Crippen LogP contribution in [-0.2, 0) is 0 Å². The van der Waals surface area contributed by atoms with Gasteiger partial charge < -0.3 is 15.5 Å². The van der Waals surface area contributed by atoms with Gasteiger partial charge in [-0.1, -0.05) is 0 Å². The van der Waals surface area contributed by atoms with Gasteiger partial charge in [0, 0.05) is 66.3 Å². The largest absolute Gasteiger partial charge is 0.378 e. The van der Waals surface area contributed by atoms with Crippen LogP contribution < -0.4 is 15.5 Å². The Hall–Kier alpha value is -3.26. The summed E-state index contributed by atoms with van der Waals surface area (Å²) in [7, 11) is 0. The van der Waals surface area contributed by atoms with E-state index in [0.717, 1.165) is 54.2 Å². The highest BCUT2D eigenvalue weighted by molar-refractivity contribution is 5.94. The Balaban J connectivity index is 1.73. The lowest BCUT2D eigenvalue weighted by atomic mass is 10.0. The predicted molar refractivity (Wildman–Crippen MR) is 121 cm³/mol. The molecule has 4 rings (SSSR count). The Kier molecular flexibility index (Phi) is 5.73. The third-order valence-electron chi connectivity index (χ3n) is 5.72. The van der Waals surface area contributed by atoms with E-state index in [1.54, 1.807) is 6.92 Å². The van der Waals surface area contributed by atoms with Crippen LogP contribution in [0.3, 0.4) is 0 Å². The number of aromatic nitrogens is 1. The van der Waals surface area contributed by atoms with E-state index >= 15 is 0 Å². The van der Waals surface area contributed by atoms with Crippen molar-refractivity contribution in [2.24, 2.45) is 0 Å². The minimum absolute atomic E-state index is 0.112. The standard InChI is InChI=1S/C23H26FN5O2/c1-14-10-18(29(30)31)13-19(23(14)24)16(3)27-22-11-15(2)26-21-5-4-17(12-20(21)22)28-8-6-25-7-9-28/h4-5,10-13,16,25H,6-9H2,1-3H3,(H,26,27)/t16-/m1/s1. The Bertz CT molecular complexity index is 1140. The number of nitro groups is 1. The van der Waals surface area contributed by atoms with Crippen LogP contribution in [0.4, 0.5) is 21.5 Å². The molecule has 2 heterocycles. The van der Waals surface area contributed by atoms with E-state index in [1.165, 1.54) is 12.1 Å². The number of non-ortho nitro benzene ring substituents is 1. The molecule has 1 fully saturated rings. The van der Waals surface area contributed by atoms with Gasteiger partial charge in [-0.05, 0) is 50.6 Å². The van der Waals surface area contributed by atoms with Crippen molar-refractivity contribution in [1.82, 2.24) is 10.3 Å². The number of nitrogens with zero attached hydrogens (tertiary/aromatic N) is 3. The van der Waals surface area contributed by atoms with Crippen molar-refractivity contribution in [2.45, 2.75) is 26.8 Å². The second-order valence-electron chi connectivity index (χ2n) is 8.04. The monoisotopic (exact) mass is 423 g/mol. The van der Waals surface area contributed by atoms with Crippen LogP contribution in [0, 0.1) is 29.8 Å². The second-order valence-corrected chi connectivity index (χ2v) is 8.04. The highest BCUT2D eigenvalue weighted by Crippen LogP contribution is 2.33. The summed E-state index contributed by atoms with van der Waals surface area (Å²) in [5.74, 6) is -0.429. The van der Waals surface area contributed by atoms with E-state index in [0.29, 0.717) is 0 Å². The molecule has 1 aliphatic rings. The van der Waals surface area contributed by atoms with Gasteiger partial charge in [0.2, 0.25) is 0 Å². The molecule has 0 radical (unpaired) electrons. The first-order valence-electron chi connectivity index (χ1n) is 10.4. The van der Waals surface area contributed by atoms with Crippen LogP contribution in [0.2, 0.25) is 0 Å². The lowest BCUT2D eigenvalue weighted by Gasteiger charge is -2.30. The first-order chi connectivity index (χ1) is 14.8. The summed E-state index contributed by atoms with van der Waals surface area (Å²) >= 11 is 0. The molecule has 3 aromatic rings. The molecule has 0 spiro atoms. The predicted octanol–water partition coefficient (Wildman–Crippen LogP) is 4.48. The highest BCUT2D eigenvalue weighted by Gasteiger charge is 2.20. The van der Waals surface area contributed by atoms with E-state index < -0.39 is 16.8 Å². The quantitative estimate of drug-likeness (QED) is 0.465. The van der Waals surface area contributed by atoms with Crippen molar-refractivity contribution in [3.63, 3.8) is 0 Å². The molecule has 1 saturated heterocycles. The van der Waals surface area contributed by atoms with Gasteiger partial charge in [0.15, 0.2) is 0 Å². The number of piperazine rings is 1. The molecule has 8 heteroatoms. The lowest BCUT2D eigenvalue weighted by Crippen LogP contribution is -2.43. The Labute approximate surface area is 180 Å². The Morgan fingerprint density at radius 1 is 1.19 bits per heavy atom. The molecule has 2 N–H and O–H groups in total. The molecule has 0 unspecified atom stereocenters. The summed E-state index contributed by atoms with van der Waals surface area (Å²) in [4.78, 5) is 17.7. The SMILES string of the molecule is Cc1cc(N[C@H](C)c2cc([N+](=O)[O-])cc(C)c2F)c2cc(N3CCNCC3)ccc2n1. The van der Waals surface area contributed by atoms with Gasteiger partial charge >= 0.3 is 0 Å². The second kappa shape index (κ2) is 8.47. The molecule has 1 aliphatic heterocycles. The van der Waals surface area contributed by atoms with E-state index in [4.69, 9.17) is 0 Å². The van der Waals surface area contributed by atoms with Gasteiger partial charge in [-0.25, -0.2) is 4.39 Å². The summed E-state index contributed by atoms with van der Waals surface area (Å²) in [6, 6.07) is 10.2. The maximum Gasteiger partial charge on any atom is 0.270 e. The Morgan fingerprint density at radius 2 is 1.94 bits per heavy atom. The van der Waals surface area contributed by atoms with E-state index in [9.17, 15) is 14.5 Å². The fourth-order valence-corrected chi connectivity index (χ4v) is 4.09. The molecule has 0 aliphatic carbocycles. The van der Waals surface area contributed by atoms with Crippen LogP contribution in [0.1, 0.15) is 29.8 Å². The number of hydrogen-bond acceptors (Lipinski definition) is 6. The number of benzene rings is 2. The first kappa shape index (κ1) is 21.0. The molecule has 31 heavy (non-hydrogen) atoms. The van der Waals surface area contributed by atoms with Crippen LogP contribution in [0.5, 0.6) is 0 Å². The third-order valence-corrected chi connectivity index (χ3v) is 5.72. The average Bonchev–Trinajstić information content (AvgIpc) is 2.75. The number of nitrogens with one attached hydrogen (secondary N) is 2. The number of hydrogen-bond donors (Lipinski definition) is 2. The van der Waals surface area contributed by atoms with Gasteiger partial charge in [0.05, 0.1) is 16.5 Å². The van der Waals surface area contributed by atoms with Crippen molar-refractivity contribution in [1.29, 1.82) is 0 Å². The topological polar surface area (TPSA) is 83.3 Å². The Morgan fingerprint density at radius 3 is 2.65 bits per heavy atom. The van der Waals surface area contributed by atoms with Crippen LogP contribution >= 0.6 is 0 Å². The van der Waals surface area contributed by atoms with E-state index in [1.807, 2.05) is 26.0 Å². The summed E-state index contributed by atoms with van der Waals surface area (Å²) in [5, 5.41) is 18.9. The molecule has 162 valence electrons. The maximum absolute atomic E-state index is 14.8. The molecule has 0 bridgehead atoms. The number of halogens is 1. The maximum atomic E-state index is 14.8. The van der Waals surface area contributed by atoms with Crippen LogP contribution in [-0.4, -0.2) is 36.1 Å². The fourth-order valence-electron chi connectivity index (χ4n) is 4.09. The van der Waals surface area contributed by atoms with Crippen LogP contribution in [0.25, 0.3) is 10.9 Å². The molecular weight excluding hydrogens is 397 g/mol. The smallest absolute Gasteiger partial charge is 0.270 e. The number of rotatable bonds is 5. The van der Waals surface area contributed by atoms with Crippen LogP contribution in [0.15, 0.2) is 36.4 Å². The highest BCUT2D eigenvalue weighted by atomic mass is 19.1. The van der Waals surface area contributed by atoms with Crippen molar-refractivity contribution in [2.75, 3.05) is 36.4 Å². The number of nitro benzene ring substituents is 1. The molecule has 1 aromatic heterocycles. The molecule has 1 atom stereocenters. The van der Waals surface area contributed by atoms with E-state index in [2.05, 4.69) is 32.7 Å². The van der Waals surface area contributed by atoms with Crippen molar-refractivity contribution < 1.29 is 9.31 Å². The zero-order valence-corrected chi connectivity index (χ0v) is 17.9. The molecular formula is C23H26FN5O2. The molecule has 2 aromatic carbocycles. The van der Waals surface area contributed by atoms with Crippen molar-refractivity contribution in [3.8, 4) is 0 Å². The zero-order valence-electron chi connectivity index (χ0n) is 17.9. The number of pyridine rings is 1.